The van der Waals surface area contributed by atoms with E-state index < -0.39 is 16.1 Å². The number of hydrogen-bond acceptors (Lipinski definition) is 5. The Morgan fingerprint density at radius 1 is 0.935 bits per heavy atom. The minimum absolute atomic E-state index is 0.0349. The van der Waals surface area contributed by atoms with Crippen LogP contribution in [0.5, 0.6) is 11.5 Å². The first-order chi connectivity index (χ1) is 14.8. The van der Waals surface area contributed by atoms with Gasteiger partial charge in [0, 0.05) is 18.2 Å². The fourth-order valence-corrected chi connectivity index (χ4v) is 5.27. The molecule has 0 aromatic heterocycles. The van der Waals surface area contributed by atoms with E-state index in [1.54, 1.807) is 6.07 Å². The molecule has 2 aromatic rings. The van der Waals surface area contributed by atoms with Crippen LogP contribution in [0.25, 0.3) is 0 Å². The van der Waals surface area contributed by atoms with E-state index in [1.165, 1.54) is 23.3 Å². The van der Waals surface area contributed by atoms with Gasteiger partial charge in [0.1, 0.15) is 6.04 Å². The Kier molecular flexibility index (Phi) is 6.20. The summed E-state index contributed by atoms with van der Waals surface area (Å²) in [5, 5.41) is 2.87. The molecule has 1 amide bonds. The van der Waals surface area contributed by atoms with Gasteiger partial charge < -0.3 is 14.8 Å². The second kappa shape index (κ2) is 8.88. The molecule has 0 unspecified atom stereocenters. The second-order valence-electron chi connectivity index (χ2n) is 8.33. The highest BCUT2D eigenvalue weighted by Crippen LogP contribution is 2.32. The number of rotatable bonds is 6. The molecule has 7 nitrogen and oxygen atoms in total. The van der Waals surface area contributed by atoms with Gasteiger partial charge in [-0.05, 0) is 60.6 Å². The number of fused-ring (bicyclic) bond motifs is 2. The van der Waals surface area contributed by atoms with E-state index in [2.05, 4.69) is 10.0 Å². The van der Waals surface area contributed by atoms with Gasteiger partial charge in [-0.1, -0.05) is 19.9 Å². The van der Waals surface area contributed by atoms with Gasteiger partial charge in [-0.3, -0.25) is 4.79 Å². The molecule has 0 fully saturated rings. The lowest BCUT2D eigenvalue weighted by atomic mass is 10.0. The van der Waals surface area contributed by atoms with Crippen molar-refractivity contribution in [1.29, 1.82) is 0 Å². The Bertz CT molecular complexity index is 1080. The van der Waals surface area contributed by atoms with E-state index in [-0.39, 0.29) is 16.7 Å². The molecule has 2 N–H and O–H groups in total. The van der Waals surface area contributed by atoms with Gasteiger partial charge in [-0.25, -0.2) is 8.42 Å². The number of sulfonamides is 1. The van der Waals surface area contributed by atoms with E-state index in [1.807, 2.05) is 32.0 Å². The Morgan fingerprint density at radius 3 is 2.45 bits per heavy atom. The summed E-state index contributed by atoms with van der Waals surface area (Å²) in [6.07, 6.45) is 3.92. The third-order valence-electron chi connectivity index (χ3n) is 5.63. The van der Waals surface area contributed by atoms with Crippen LogP contribution in [0.2, 0.25) is 0 Å². The summed E-state index contributed by atoms with van der Waals surface area (Å²) in [4.78, 5) is 13.0. The third-order valence-corrected chi connectivity index (χ3v) is 7.07. The zero-order valence-corrected chi connectivity index (χ0v) is 18.6. The summed E-state index contributed by atoms with van der Waals surface area (Å²) >= 11 is 0. The molecule has 0 radical (unpaired) electrons. The van der Waals surface area contributed by atoms with Crippen LogP contribution >= 0.6 is 0 Å². The molecule has 8 heteroatoms. The Hall–Kier alpha value is -2.58. The van der Waals surface area contributed by atoms with Gasteiger partial charge in [-0.2, -0.15) is 4.72 Å². The minimum Gasteiger partial charge on any atom is -0.490 e. The minimum atomic E-state index is -3.94. The van der Waals surface area contributed by atoms with E-state index >= 15 is 0 Å². The first-order valence-corrected chi connectivity index (χ1v) is 12.2. The van der Waals surface area contributed by atoms with Gasteiger partial charge in [0.2, 0.25) is 15.9 Å². The fraction of sp³-hybridized carbons (Fsp3) is 0.435. The summed E-state index contributed by atoms with van der Waals surface area (Å²) in [5.74, 6) is 0.283. The Balaban J connectivity index is 1.52. The topological polar surface area (TPSA) is 93.7 Å². The molecule has 1 aliphatic carbocycles. The summed E-state index contributed by atoms with van der Waals surface area (Å²) in [7, 11) is -3.94. The number of anilines is 1. The Morgan fingerprint density at radius 2 is 1.68 bits per heavy atom. The Labute approximate surface area is 183 Å². The van der Waals surface area contributed by atoms with Crippen LogP contribution in [0, 0.1) is 5.92 Å². The van der Waals surface area contributed by atoms with Crippen LogP contribution in [-0.2, 0) is 27.7 Å². The number of carbonyl (C=O) groups excluding carboxylic acids is 1. The molecular formula is C23H28N2O5S. The smallest absolute Gasteiger partial charge is 0.242 e. The molecule has 0 spiro atoms. The zero-order valence-electron chi connectivity index (χ0n) is 17.8. The molecule has 1 atom stereocenters. The molecule has 1 heterocycles. The predicted molar refractivity (Wildman–Crippen MR) is 118 cm³/mol. The first-order valence-electron chi connectivity index (χ1n) is 10.7. The zero-order chi connectivity index (χ0) is 22.0. The summed E-state index contributed by atoms with van der Waals surface area (Å²) < 4.78 is 39.8. The summed E-state index contributed by atoms with van der Waals surface area (Å²) in [5.41, 5.74) is 3.24. The maximum absolute atomic E-state index is 13.0. The molecule has 4 rings (SSSR count). The van der Waals surface area contributed by atoms with Crippen LogP contribution in [0.15, 0.2) is 41.3 Å². The molecule has 2 aliphatic rings. The van der Waals surface area contributed by atoms with Gasteiger partial charge in [0.15, 0.2) is 11.5 Å². The maximum atomic E-state index is 13.0. The van der Waals surface area contributed by atoms with Gasteiger partial charge in [0.25, 0.3) is 0 Å². The number of aryl methyl sites for hydroxylation is 2. The van der Waals surface area contributed by atoms with Crippen molar-refractivity contribution in [2.45, 2.75) is 50.5 Å². The number of ether oxygens (including phenoxy) is 2. The van der Waals surface area contributed by atoms with E-state index in [9.17, 15) is 13.2 Å². The summed E-state index contributed by atoms with van der Waals surface area (Å²) in [6, 6.07) is 9.46. The molecular weight excluding hydrogens is 416 g/mol. The number of benzene rings is 2. The highest BCUT2D eigenvalue weighted by atomic mass is 32.2. The largest absolute Gasteiger partial charge is 0.490 e. The van der Waals surface area contributed by atoms with Gasteiger partial charge in [-0.15, -0.1) is 0 Å². The average Bonchev–Trinajstić information content (AvgIpc) is 3.07. The first kappa shape index (κ1) is 21.6. The van der Waals surface area contributed by atoms with Crippen molar-refractivity contribution in [3.05, 3.63) is 47.5 Å². The lowest BCUT2D eigenvalue weighted by Crippen LogP contribution is -2.47. The van der Waals surface area contributed by atoms with Gasteiger partial charge in [0.05, 0.1) is 18.1 Å². The lowest BCUT2D eigenvalue weighted by Gasteiger charge is -2.22. The van der Waals surface area contributed by atoms with Crippen molar-refractivity contribution < 1.29 is 22.7 Å². The third kappa shape index (κ3) is 4.85. The molecule has 0 saturated carbocycles. The number of carbonyl (C=O) groups is 1. The van der Waals surface area contributed by atoms with Crippen molar-refractivity contribution in [2.75, 3.05) is 18.5 Å². The highest BCUT2D eigenvalue weighted by Gasteiger charge is 2.29. The predicted octanol–water partition coefficient (Wildman–Crippen LogP) is 3.28. The van der Waals surface area contributed by atoms with Crippen LogP contribution in [0.1, 0.15) is 37.8 Å². The number of hydrogen-bond donors (Lipinski definition) is 2. The van der Waals surface area contributed by atoms with Crippen molar-refractivity contribution in [3.63, 3.8) is 0 Å². The monoisotopic (exact) mass is 444 g/mol. The molecule has 2 aromatic carbocycles. The molecule has 166 valence electrons. The van der Waals surface area contributed by atoms with Crippen LogP contribution in [0.3, 0.4) is 0 Å². The molecule has 0 saturated heterocycles. The van der Waals surface area contributed by atoms with Crippen LogP contribution in [0.4, 0.5) is 5.69 Å². The van der Waals surface area contributed by atoms with E-state index in [0.29, 0.717) is 30.4 Å². The van der Waals surface area contributed by atoms with Crippen molar-refractivity contribution in [1.82, 2.24) is 4.72 Å². The second-order valence-corrected chi connectivity index (χ2v) is 10.0. The number of nitrogens with one attached hydrogen (secondary N) is 2. The number of amides is 1. The normalized spacial score (nSPS) is 16.5. The molecule has 1 aliphatic heterocycles. The standard InChI is InChI=1S/C23H28N2O5S/c1-15(2)22(23(26)24-18-8-7-16-5-3-6-17(16)13-18)25-31(27,28)19-9-10-20-21(14-19)30-12-4-11-29-20/h7-10,13-15,22,25H,3-6,11-12H2,1-2H3,(H,24,26)/t22-/m0/s1. The summed E-state index contributed by atoms with van der Waals surface area (Å²) in [6.45, 7) is 4.60. The lowest BCUT2D eigenvalue weighted by molar-refractivity contribution is -0.118. The maximum Gasteiger partial charge on any atom is 0.242 e. The fourth-order valence-electron chi connectivity index (χ4n) is 3.91. The van der Waals surface area contributed by atoms with E-state index in [0.717, 1.165) is 25.7 Å². The van der Waals surface area contributed by atoms with Crippen LogP contribution in [-0.4, -0.2) is 33.6 Å². The highest BCUT2D eigenvalue weighted by molar-refractivity contribution is 7.89. The van der Waals surface area contributed by atoms with Crippen molar-refractivity contribution in [3.8, 4) is 11.5 Å². The van der Waals surface area contributed by atoms with Gasteiger partial charge >= 0.3 is 0 Å². The molecule has 31 heavy (non-hydrogen) atoms. The SMILES string of the molecule is CC(C)[C@H](NS(=O)(=O)c1ccc2c(c1)OCCCO2)C(=O)Nc1ccc2c(c1)CCC2. The van der Waals surface area contributed by atoms with Crippen molar-refractivity contribution >= 4 is 21.6 Å². The van der Waals surface area contributed by atoms with E-state index in [4.69, 9.17) is 9.47 Å². The van der Waals surface area contributed by atoms with Crippen LogP contribution < -0.4 is 19.5 Å². The molecule has 0 bridgehead atoms. The van der Waals surface area contributed by atoms with Crippen molar-refractivity contribution in [2.24, 2.45) is 5.92 Å². The quantitative estimate of drug-likeness (QED) is 0.713. The average molecular weight is 445 g/mol.